The fourth-order valence-corrected chi connectivity index (χ4v) is 2.99. The summed E-state index contributed by atoms with van der Waals surface area (Å²) < 4.78 is 0. The van der Waals surface area contributed by atoms with Crippen LogP contribution in [0.2, 0.25) is 5.02 Å². The maximum absolute atomic E-state index is 12.8. The Morgan fingerprint density at radius 2 is 1.69 bits per heavy atom. The van der Waals surface area contributed by atoms with E-state index in [1.54, 1.807) is 24.1 Å². The van der Waals surface area contributed by atoms with E-state index in [2.05, 4.69) is 5.32 Å². The van der Waals surface area contributed by atoms with Crippen molar-refractivity contribution in [2.45, 2.75) is 38.8 Å². The second kappa shape index (κ2) is 9.97. The van der Waals surface area contributed by atoms with E-state index in [1.165, 1.54) is 0 Å². The van der Waals surface area contributed by atoms with Crippen molar-refractivity contribution >= 4 is 23.4 Å². The van der Waals surface area contributed by atoms with Gasteiger partial charge in [-0.2, -0.15) is 0 Å². The van der Waals surface area contributed by atoms with E-state index in [0.717, 1.165) is 17.5 Å². The van der Waals surface area contributed by atoms with Crippen LogP contribution in [0, 0.1) is 0 Å². The number of rotatable bonds is 8. The van der Waals surface area contributed by atoms with Gasteiger partial charge in [-0.15, -0.1) is 0 Å². The summed E-state index contributed by atoms with van der Waals surface area (Å²) in [6.07, 6.45) is 1.63. The molecule has 0 fully saturated rings. The van der Waals surface area contributed by atoms with Crippen LogP contribution in [0.3, 0.4) is 0 Å². The third-order valence-electron chi connectivity index (χ3n) is 4.25. The molecule has 2 amide bonds. The minimum Gasteiger partial charge on any atom is -0.357 e. The van der Waals surface area contributed by atoms with Crippen LogP contribution < -0.4 is 5.32 Å². The van der Waals surface area contributed by atoms with Gasteiger partial charge in [0.05, 0.1) is 0 Å². The fraction of sp³-hybridized carbons (Fsp3) is 0.333. The van der Waals surface area contributed by atoms with E-state index in [0.29, 0.717) is 24.4 Å². The zero-order valence-corrected chi connectivity index (χ0v) is 16.0. The minimum absolute atomic E-state index is 0.0213. The highest BCUT2D eigenvalue weighted by molar-refractivity contribution is 6.30. The average Bonchev–Trinajstić information content (AvgIpc) is 2.66. The van der Waals surface area contributed by atoms with Crippen LogP contribution in [0.5, 0.6) is 0 Å². The summed E-state index contributed by atoms with van der Waals surface area (Å²) in [4.78, 5) is 27.1. The van der Waals surface area contributed by atoms with E-state index in [4.69, 9.17) is 11.6 Å². The van der Waals surface area contributed by atoms with Crippen LogP contribution in [-0.4, -0.2) is 29.8 Å². The molecular formula is C21H25ClN2O2. The number of amides is 2. The van der Waals surface area contributed by atoms with Gasteiger partial charge in [0.2, 0.25) is 11.8 Å². The molecule has 1 N–H and O–H groups in total. The number of carbonyl (C=O) groups is 2. The van der Waals surface area contributed by atoms with Crippen molar-refractivity contribution in [2.75, 3.05) is 7.05 Å². The first-order chi connectivity index (χ1) is 12.5. The topological polar surface area (TPSA) is 49.4 Å². The highest BCUT2D eigenvalue weighted by Crippen LogP contribution is 2.17. The first-order valence-electron chi connectivity index (χ1n) is 8.84. The summed E-state index contributed by atoms with van der Waals surface area (Å²) in [6, 6.07) is 16.6. The van der Waals surface area contributed by atoms with Crippen molar-refractivity contribution in [3.8, 4) is 0 Å². The van der Waals surface area contributed by atoms with Crippen LogP contribution in [0.1, 0.15) is 30.9 Å². The largest absolute Gasteiger partial charge is 0.357 e. The van der Waals surface area contributed by atoms with Gasteiger partial charge in [-0.3, -0.25) is 9.59 Å². The van der Waals surface area contributed by atoms with E-state index in [1.807, 2.05) is 49.4 Å². The number of carbonyl (C=O) groups excluding carboxylic acids is 2. The van der Waals surface area contributed by atoms with Crippen molar-refractivity contribution in [3.63, 3.8) is 0 Å². The number of benzene rings is 2. The molecule has 0 aromatic heterocycles. The number of likely N-dealkylation sites (N-methyl/N-ethyl adjacent to an activating group) is 1. The molecule has 4 nitrogen and oxygen atoms in total. The van der Waals surface area contributed by atoms with Crippen LogP contribution >= 0.6 is 11.6 Å². The maximum Gasteiger partial charge on any atom is 0.242 e. The Morgan fingerprint density at radius 3 is 2.27 bits per heavy atom. The summed E-state index contributed by atoms with van der Waals surface area (Å²) in [6.45, 7) is 2.34. The predicted octanol–water partition coefficient (Wildman–Crippen LogP) is 3.83. The van der Waals surface area contributed by atoms with Crippen molar-refractivity contribution in [2.24, 2.45) is 0 Å². The summed E-state index contributed by atoms with van der Waals surface area (Å²) in [5.41, 5.74) is 1.97. The molecule has 5 heteroatoms. The van der Waals surface area contributed by atoms with Gasteiger partial charge in [0.25, 0.3) is 0 Å². The molecule has 138 valence electrons. The number of hydrogen-bond donors (Lipinski definition) is 1. The Bertz CT molecular complexity index is 717. The third kappa shape index (κ3) is 5.60. The van der Waals surface area contributed by atoms with Crippen molar-refractivity contribution < 1.29 is 9.59 Å². The highest BCUT2D eigenvalue weighted by Gasteiger charge is 2.29. The molecule has 2 aromatic rings. The Morgan fingerprint density at radius 1 is 1.04 bits per heavy atom. The van der Waals surface area contributed by atoms with Crippen molar-refractivity contribution in [1.29, 1.82) is 0 Å². The molecule has 0 saturated carbocycles. The van der Waals surface area contributed by atoms with Crippen LogP contribution in [-0.2, 0) is 22.6 Å². The standard InChI is InChI=1S/C21H25ClN2O2/c1-3-7-20(25)24(15-17-10-12-18(22)13-11-17)19(21(26)23-2)14-16-8-5-4-6-9-16/h4-6,8-13,19H,3,7,14-15H2,1-2H3,(H,23,26). The lowest BCUT2D eigenvalue weighted by Gasteiger charge is -2.31. The Labute approximate surface area is 160 Å². The van der Waals surface area contributed by atoms with Gasteiger partial charge in [-0.1, -0.05) is 61.0 Å². The first kappa shape index (κ1) is 20.0. The van der Waals surface area contributed by atoms with Gasteiger partial charge < -0.3 is 10.2 Å². The average molecular weight is 373 g/mol. The summed E-state index contributed by atoms with van der Waals surface area (Å²) in [5.74, 6) is -0.181. The van der Waals surface area contributed by atoms with E-state index in [-0.39, 0.29) is 11.8 Å². The van der Waals surface area contributed by atoms with Crippen molar-refractivity contribution in [1.82, 2.24) is 10.2 Å². The van der Waals surface area contributed by atoms with Crippen molar-refractivity contribution in [3.05, 3.63) is 70.7 Å². The molecule has 0 saturated heterocycles. The summed E-state index contributed by atoms with van der Waals surface area (Å²) in [5, 5.41) is 3.35. The molecule has 0 bridgehead atoms. The van der Waals surface area contributed by atoms with Gasteiger partial charge in [0.15, 0.2) is 0 Å². The van der Waals surface area contributed by atoms with Gasteiger partial charge in [-0.05, 0) is 29.7 Å². The van der Waals surface area contributed by atoms with Crippen LogP contribution in [0.4, 0.5) is 0 Å². The van der Waals surface area contributed by atoms with Gasteiger partial charge in [-0.25, -0.2) is 0 Å². The molecule has 1 unspecified atom stereocenters. The SMILES string of the molecule is CCCC(=O)N(Cc1ccc(Cl)cc1)C(Cc1ccccc1)C(=O)NC. The quantitative estimate of drug-likeness (QED) is 0.765. The Kier molecular flexibility index (Phi) is 7.67. The molecule has 2 rings (SSSR count). The molecule has 0 aliphatic heterocycles. The molecule has 0 heterocycles. The predicted molar refractivity (Wildman–Crippen MR) is 105 cm³/mol. The number of nitrogens with one attached hydrogen (secondary N) is 1. The monoisotopic (exact) mass is 372 g/mol. The van der Waals surface area contributed by atoms with E-state index < -0.39 is 6.04 Å². The number of halogens is 1. The zero-order chi connectivity index (χ0) is 18.9. The smallest absolute Gasteiger partial charge is 0.242 e. The molecule has 0 spiro atoms. The van der Waals surface area contributed by atoms with Gasteiger partial charge >= 0.3 is 0 Å². The third-order valence-corrected chi connectivity index (χ3v) is 4.50. The van der Waals surface area contributed by atoms with Gasteiger partial charge in [0.1, 0.15) is 6.04 Å². The molecule has 0 aliphatic carbocycles. The molecule has 0 radical (unpaired) electrons. The first-order valence-corrected chi connectivity index (χ1v) is 9.22. The van der Waals surface area contributed by atoms with E-state index in [9.17, 15) is 9.59 Å². The molecule has 2 aromatic carbocycles. The Hall–Kier alpha value is -2.33. The number of hydrogen-bond acceptors (Lipinski definition) is 2. The summed E-state index contributed by atoms with van der Waals surface area (Å²) >= 11 is 5.96. The lowest BCUT2D eigenvalue weighted by atomic mass is 10.0. The maximum atomic E-state index is 12.8. The van der Waals surface area contributed by atoms with Gasteiger partial charge in [0, 0.05) is 31.5 Å². The molecular weight excluding hydrogens is 348 g/mol. The normalized spacial score (nSPS) is 11.7. The zero-order valence-electron chi connectivity index (χ0n) is 15.2. The van der Waals surface area contributed by atoms with Crippen LogP contribution in [0.25, 0.3) is 0 Å². The minimum atomic E-state index is -0.558. The molecule has 1 atom stereocenters. The van der Waals surface area contributed by atoms with E-state index >= 15 is 0 Å². The fourth-order valence-electron chi connectivity index (χ4n) is 2.86. The second-order valence-corrected chi connectivity index (χ2v) is 6.65. The Balaban J connectivity index is 2.31. The second-order valence-electron chi connectivity index (χ2n) is 6.22. The molecule has 0 aliphatic rings. The lowest BCUT2D eigenvalue weighted by Crippen LogP contribution is -2.49. The summed E-state index contributed by atoms with van der Waals surface area (Å²) in [7, 11) is 1.60. The lowest BCUT2D eigenvalue weighted by molar-refractivity contribution is -0.141. The van der Waals surface area contributed by atoms with Crippen LogP contribution in [0.15, 0.2) is 54.6 Å². The molecule has 26 heavy (non-hydrogen) atoms. The highest BCUT2D eigenvalue weighted by atomic mass is 35.5. The number of nitrogens with zero attached hydrogens (tertiary/aromatic N) is 1.